The van der Waals surface area contributed by atoms with Gasteiger partial charge >= 0.3 is 0 Å². The van der Waals surface area contributed by atoms with Crippen LogP contribution in [0.4, 0.5) is 5.69 Å². The average molecular weight is 253 g/mol. The molecule has 0 radical (unpaired) electrons. The number of aromatic amines is 1. The van der Waals surface area contributed by atoms with Gasteiger partial charge in [-0.05, 0) is 62.4 Å². The number of nitrogens with one attached hydrogen (secondary N) is 1. The molecule has 0 amide bonds. The first kappa shape index (κ1) is 12.3. The minimum absolute atomic E-state index is 0.627. The maximum atomic E-state index is 7.15. The lowest BCUT2D eigenvalue weighted by atomic mass is 9.96. The average Bonchev–Trinajstić information content (AvgIpc) is 3.03. The first-order valence-corrected chi connectivity index (χ1v) is 6.84. The van der Waals surface area contributed by atoms with Crippen LogP contribution in [-0.4, -0.2) is 30.0 Å². The Morgan fingerprint density at radius 1 is 1.32 bits per heavy atom. The minimum Gasteiger partial charge on any atom is -0.361 e. The fourth-order valence-electron chi connectivity index (χ4n) is 3.25. The molecule has 1 heterocycles. The fourth-order valence-corrected chi connectivity index (χ4v) is 3.25. The van der Waals surface area contributed by atoms with E-state index in [4.69, 9.17) is 6.57 Å². The van der Waals surface area contributed by atoms with Gasteiger partial charge < -0.3 is 9.88 Å². The first-order valence-electron chi connectivity index (χ1n) is 6.84. The second-order valence-electron chi connectivity index (χ2n) is 5.71. The smallest absolute Gasteiger partial charge is 0.187 e. The van der Waals surface area contributed by atoms with Crippen LogP contribution in [0, 0.1) is 6.57 Å². The lowest BCUT2D eigenvalue weighted by Crippen LogP contribution is -2.24. The number of H-pyrrole nitrogens is 1. The Morgan fingerprint density at radius 3 is 2.84 bits per heavy atom. The van der Waals surface area contributed by atoms with Gasteiger partial charge in [-0.1, -0.05) is 6.07 Å². The molecule has 1 aromatic heterocycles. The monoisotopic (exact) mass is 253 g/mol. The predicted molar refractivity (Wildman–Crippen MR) is 78.6 cm³/mol. The summed E-state index contributed by atoms with van der Waals surface area (Å²) in [5.41, 5.74) is 3.27. The molecule has 0 spiro atoms. The van der Waals surface area contributed by atoms with Crippen LogP contribution in [0.1, 0.15) is 30.7 Å². The van der Waals surface area contributed by atoms with Crippen LogP contribution in [0.25, 0.3) is 15.7 Å². The Balaban J connectivity index is 1.95. The molecule has 1 saturated carbocycles. The second-order valence-corrected chi connectivity index (χ2v) is 5.71. The summed E-state index contributed by atoms with van der Waals surface area (Å²) in [7, 11) is 4.33. The number of benzene rings is 1. The van der Waals surface area contributed by atoms with Crippen LogP contribution in [0.3, 0.4) is 0 Å². The van der Waals surface area contributed by atoms with Crippen molar-refractivity contribution in [2.75, 3.05) is 14.1 Å². The maximum absolute atomic E-state index is 7.15. The van der Waals surface area contributed by atoms with Crippen LogP contribution in [0.15, 0.2) is 24.4 Å². The number of hydrogen-bond donors (Lipinski definition) is 1. The van der Waals surface area contributed by atoms with E-state index in [0.717, 1.165) is 11.2 Å². The van der Waals surface area contributed by atoms with E-state index in [0.29, 0.717) is 12.0 Å². The largest absolute Gasteiger partial charge is 0.361 e. The van der Waals surface area contributed by atoms with Gasteiger partial charge in [-0.3, -0.25) is 0 Å². The SMILES string of the molecule is [C-]#[N+]c1ccc2[nH]cc([C@@H]3CC[C@H](N(C)C)C3)c2c1. The quantitative estimate of drug-likeness (QED) is 0.806. The van der Waals surface area contributed by atoms with Gasteiger partial charge in [-0.15, -0.1) is 0 Å². The number of nitrogens with zero attached hydrogens (tertiary/aromatic N) is 2. The van der Waals surface area contributed by atoms with Crippen molar-refractivity contribution in [1.29, 1.82) is 0 Å². The third kappa shape index (κ3) is 2.13. The van der Waals surface area contributed by atoms with Gasteiger partial charge in [0, 0.05) is 17.8 Å². The van der Waals surface area contributed by atoms with E-state index < -0.39 is 0 Å². The Labute approximate surface area is 114 Å². The van der Waals surface area contributed by atoms with Crippen molar-refractivity contribution in [3.63, 3.8) is 0 Å². The van der Waals surface area contributed by atoms with Crippen LogP contribution in [0.2, 0.25) is 0 Å². The molecule has 1 fully saturated rings. The molecule has 0 unspecified atom stereocenters. The molecule has 1 N–H and O–H groups in total. The first-order chi connectivity index (χ1) is 9.19. The zero-order valence-electron chi connectivity index (χ0n) is 11.5. The van der Waals surface area contributed by atoms with E-state index in [9.17, 15) is 0 Å². The standard InChI is InChI=1S/C16H19N3/c1-17-12-5-7-16-14(9-12)15(10-18-16)11-4-6-13(8-11)19(2)3/h5,7,9-11,13,18H,4,6,8H2,2-3H3/t11-,13+/m1/s1. The van der Waals surface area contributed by atoms with Gasteiger partial charge in [0.2, 0.25) is 0 Å². The highest BCUT2D eigenvalue weighted by molar-refractivity contribution is 5.87. The van der Waals surface area contributed by atoms with Gasteiger partial charge in [0.15, 0.2) is 5.69 Å². The summed E-state index contributed by atoms with van der Waals surface area (Å²) in [6.07, 6.45) is 5.88. The molecule has 0 bridgehead atoms. The number of hydrogen-bond acceptors (Lipinski definition) is 1. The topological polar surface area (TPSA) is 23.4 Å². The number of aromatic nitrogens is 1. The highest BCUT2D eigenvalue weighted by Crippen LogP contribution is 2.39. The van der Waals surface area contributed by atoms with Crippen molar-refractivity contribution < 1.29 is 0 Å². The van der Waals surface area contributed by atoms with E-state index in [1.54, 1.807) is 0 Å². The number of rotatable bonds is 2. The summed E-state index contributed by atoms with van der Waals surface area (Å²) in [4.78, 5) is 9.22. The van der Waals surface area contributed by atoms with Gasteiger partial charge in [-0.2, -0.15) is 0 Å². The highest BCUT2D eigenvalue weighted by Gasteiger charge is 2.28. The fraction of sp³-hybridized carbons (Fsp3) is 0.438. The van der Waals surface area contributed by atoms with Crippen LogP contribution < -0.4 is 0 Å². The predicted octanol–water partition coefficient (Wildman–Crippen LogP) is 3.92. The zero-order chi connectivity index (χ0) is 13.4. The van der Waals surface area contributed by atoms with Crippen LogP contribution >= 0.6 is 0 Å². The van der Waals surface area contributed by atoms with Crippen LogP contribution in [-0.2, 0) is 0 Å². The van der Waals surface area contributed by atoms with E-state index in [1.165, 1.54) is 30.2 Å². The lowest BCUT2D eigenvalue weighted by Gasteiger charge is -2.18. The Bertz CT molecular complexity index is 633. The Kier molecular flexibility index (Phi) is 3.04. The molecule has 2 aromatic rings. The van der Waals surface area contributed by atoms with Crippen LogP contribution in [0.5, 0.6) is 0 Å². The second kappa shape index (κ2) is 4.71. The van der Waals surface area contributed by atoms with E-state index in [-0.39, 0.29) is 0 Å². The Morgan fingerprint density at radius 2 is 2.16 bits per heavy atom. The molecule has 1 aliphatic carbocycles. The molecule has 0 saturated heterocycles. The summed E-state index contributed by atoms with van der Waals surface area (Å²) in [5, 5.41) is 1.23. The molecular weight excluding hydrogens is 234 g/mol. The van der Waals surface area contributed by atoms with Gasteiger partial charge in [0.1, 0.15) is 0 Å². The molecule has 3 nitrogen and oxygen atoms in total. The van der Waals surface area contributed by atoms with Crippen molar-refractivity contribution in [2.45, 2.75) is 31.2 Å². The molecule has 3 rings (SSSR count). The van der Waals surface area contributed by atoms with Gasteiger partial charge in [0.25, 0.3) is 0 Å². The maximum Gasteiger partial charge on any atom is 0.187 e. The minimum atomic E-state index is 0.627. The molecule has 1 aliphatic rings. The van der Waals surface area contributed by atoms with Crippen molar-refractivity contribution in [1.82, 2.24) is 9.88 Å². The lowest BCUT2D eigenvalue weighted by molar-refractivity contribution is 0.297. The molecule has 3 heteroatoms. The van der Waals surface area contributed by atoms with Crippen molar-refractivity contribution >= 4 is 16.6 Å². The highest BCUT2D eigenvalue weighted by atomic mass is 15.1. The molecule has 19 heavy (non-hydrogen) atoms. The molecule has 0 aliphatic heterocycles. The van der Waals surface area contributed by atoms with E-state index >= 15 is 0 Å². The molecule has 98 valence electrons. The molecular formula is C16H19N3. The summed E-state index contributed by atoms with van der Waals surface area (Å²) >= 11 is 0. The van der Waals surface area contributed by atoms with E-state index in [2.05, 4.69) is 35.0 Å². The van der Waals surface area contributed by atoms with Crippen molar-refractivity contribution in [3.8, 4) is 0 Å². The van der Waals surface area contributed by atoms with Crippen molar-refractivity contribution in [3.05, 3.63) is 41.4 Å². The van der Waals surface area contributed by atoms with E-state index in [1.807, 2.05) is 18.2 Å². The molecule has 1 aromatic carbocycles. The zero-order valence-corrected chi connectivity index (χ0v) is 11.5. The normalized spacial score (nSPS) is 23.1. The summed E-state index contributed by atoms with van der Waals surface area (Å²) < 4.78 is 0. The summed E-state index contributed by atoms with van der Waals surface area (Å²) in [5.74, 6) is 0.627. The van der Waals surface area contributed by atoms with Gasteiger partial charge in [-0.25, -0.2) is 4.85 Å². The third-order valence-corrected chi connectivity index (χ3v) is 4.40. The third-order valence-electron chi connectivity index (χ3n) is 4.40. The van der Waals surface area contributed by atoms with Gasteiger partial charge in [0.05, 0.1) is 6.57 Å². The van der Waals surface area contributed by atoms with Crippen molar-refractivity contribution in [2.24, 2.45) is 0 Å². The summed E-state index contributed by atoms with van der Waals surface area (Å²) in [6.45, 7) is 7.15. The number of fused-ring (bicyclic) bond motifs is 1. The Hall–Kier alpha value is -1.79. The summed E-state index contributed by atoms with van der Waals surface area (Å²) in [6, 6.07) is 6.62. The molecule has 2 atom stereocenters.